The van der Waals surface area contributed by atoms with E-state index in [1.165, 1.54) is 0 Å². The van der Waals surface area contributed by atoms with Gasteiger partial charge in [0.2, 0.25) is 0 Å². The number of aryl methyl sites for hydroxylation is 1. The third-order valence-electron chi connectivity index (χ3n) is 5.16. The molecule has 0 saturated carbocycles. The summed E-state index contributed by atoms with van der Waals surface area (Å²) in [6.07, 6.45) is 0.917. The molecule has 3 heterocycles. The Morgan fingerprint density at radius 3 is 2.93 bits per heavy atom. The number of rotatable bonds is 5. The first-order chi connectivity index (χ1) is 13.8. The van der Waals surface area contributed by atoms with Crippen molar-refractivity contribution >= 4 is 33.3 Å². The average Bonchev–Trinajstić information content (AvgIpc) is 3.04. The van der Waals surface area contributed by atoms with Gasteiger partial charge in [0.05, 0.1) is 23.8 Å². The van der Waals surface area contributed by atoms with Crippen LogP contribution in [0.15, 0.2) is 46.4 Å². The summed E-state index contributed by atoms with van der Waals surface area (Å²) < 4.78 is 7.81. The molecule has 0 fully saturated rings. The Morgan fingerprint density at radius 2 is 2.24 bits per heavy atom. The van der Waals surface area contributed by atoms with E-state index in [0.717, 1.165) is 54.8 Å². The minimum absolute atomic E-state index is 0.0201. The zero-order chi connectivity index (χ0) is 20.7. The summed E-state index contributed by atoms with van der Waals surface area (Å²) in [7, 11) is 0. The van der Waals surface area contributed by atoms with Crippen molar-refractivity contribution in [2.45, 2.75) is 52.0 Å². The Balaban J connectivity index is 1.94. The fourth-order valence-corrected chi connectivity index (χ4v) is 5.64. The molecule has 4 rings (SSSR count). The van der Waals surface area contributed by atoms with E-state index >= 15 is 0 Å². The van der Waals surface area contributed by atoms with Crippen LogP contribution in [0.2, 0.25) is 0 Å². The van der Waals surface area contributed by atoms with E-state index in [9.17, 15) is 4.79 Å². The highest BCUT2D eigenvalue weighted by Crippen LogP contribution is 2.36. The molecule has 29 heavy (non-hydrogen) atoms. The van der Waals surface area contributed by atoms with Gasteiger partial charge in [0, 0.05) is 17.1 Å². The van der Waals surface area contributed by atoms with Gasteiger partial charge in [-0.15, -0.1) is 11.3 Å². The highest BCUT2D eigenvalue weighted by molar-refractivity contribution is 7.99. The maximum atomic E-state index is 13.8. The van der Waals surface area contributed by atoms with Gasteiger partial charge < -0.3 is 4.74 Å². The normalized spacial score (nSPS) is 16.4. The fourth-order valence-electron chi connectivity index (χ4n) is 3.62. The smallest absolute Gasteiger partial charge is 0.267 e. The first-order valence-corrected chi connectivity index (χ1v) is 11.7. The third-order valence-corrected chi connectivity index (χ3v) is 7.43. The Bertz CT molecular complexity index is 1140. The molecule has 0 N–H and O–H groups in total. The predicted octanol–water partition coefficient (Wildman–Crippen LogP) is 5.52. The summed E-state index contributed by atoms with van der Waals surface area (Å²) in [6.45, 7) is 12.9. The number of benzene rings is 1. The second kappa shape index (κ2) is 8.09. The first kappa shape index (κ1) is 20.4. The monoisotopic (exact) mass is 426 g/mol. The fraction of sp³-hybridized carbons (Fsp3) is 0.391. The van der Waals surface area contributed by atoms with Crippen LogP contribution in [0.5, 0.6) is 0 Å². The molecule has 1 aliphatic heterocycles. The molecule has 4 nitrogen and oxygen atoms in total. The van der Waals surface area contributed by atoms with Crippen molar-refractivity contribution in [3.8, 4) is 5.69 Å². The second-order valence-corrected chi connectivity index (χ2v) is 10.1. The van der Waals surface area contributed by atoms with Crippen molar-refractivity contribution in [2.75, 3.05) is 5.75 Å². The van der Waals surface area contributed by atoms with Gasteiger partial charge >= 0.3 is 0 Å². The topological polar surface area (TPSA) is 44.1 Å². The van der Waals surface area contributed by atoms with Crippen LogP contribution >= 0.6 is 23.1 Å². The van der Waals surface area contributed by atoms with Crippen molar-refractivity contribution in [1.82, 2.24) is 9.55 Å². The summed E-state index contributed by atoms with van der Waals surface area (Å²) in [5.74, 6) is 1.14. The molecular weight excluding hydrogens is 400 g/mol. The lowest BCUT2D eigenvalue weighted by molar-refractivity contribution is 0.00200. The molecule has 1 atom stereocenters. The van der Waals surface area contributed by atoms with Crippen molar-refractivity contribution in [2.24, 2.45) is 5.92 Å². The van der Waals surface area contributed by atoms with Gasteiger partial charge in [0.25, 0.3) is 5.56 Å². The second-order valence-electron chi connectivity index (χ2n) is 8.10. The SMILES string of the molecule is C=C(C)CSc1nc2sc3c(c2c(=O)n1-c1cccc(C)c1)C[C@H](C(C)C)OC3. The molecule has 0 radical (unpaired) electrons. The van der Waals surface area contributed by atoms with Gasteiger partial charge in [0.1, 0.15) is 4.83 Å². The lowest BCUT2D eigenvalue weighted by atomic mass is 9.96. The van der Waals surface area contributed by atoms with Gasteiger partial charge in [-0.05, 0) is 43.0 Å². The van der Waals surface area contributed by atoms with E-state index < -0.39 is 0 Å². The van der Waals surface area contributed by atoms with Crippen LogP contribution in [0.3, 0.4) is 0 Å². The summed E-state index contributed by atoms with van der Waals surface area (Å²) in [5, 5.41) is 1.48. The minimum Gasteiger partial charge on any atom is -0.372 e. The van der Waals surface area contributed by atoms with Crippen LogP contribution < -0.4 is 5.56 Å². The predicted molar refractivity (Wildman–Crippen MR) is 123 cm³/mol. The van der Waals surface area contributed by atoms with Crippen molar-refractivity contribution < 1.29 is 4.74 Å². The van der Waals surface area contributed by atoms with E-state index in [2.05, 4.69) is 20.4 Å². The number of ether oxygens (including phenoxy) is 1. The number of hydrogen-bond donors (Lipinski definition) is 0. The van der Waals surface area contributed by atoms with Crippen LogP contribution in [-0.2, 0) is 17.8 Å². The molecule has 0 spiro atoms. The van der Waals surface area contributed by atoms with Gasteiger partial charge in [-0.2, -0.15) is 0 Å². The molecule has 3 aromatic rings. The Kier molecular flexibility index (Phi) is 5.69. The van der Waals surface area contributed by atoms with Crippen LogP contribution in [0.25, 0.3) is 15.9 Å². The summed E-state index contributed by atoms with van der Waals surface area (Å²) in [5.41, 5.74) is 4.18. The number of hydrogen-bond acceptors (Lipinski definition) is 5. The highest BCUT2D eigenvalue weighted by atomic mass is 32.2. The quantitative estimate of drug-likeness (QED) is 0.306. The van der Waals surface area contributed by atoms with Crippen molar-refractivity contribution in [3.63, 3.8) is 0 Å². The van der Waals surface area contributed by atoms with Gasteiger partial charge in [-0.3, -0.25) is 9.36 Å². The first-order valence-electron chi connectivity index (χ1n) is 9.88. The van der Waals surface area contributed by atoms with Gasteiger partial charge in [-0.1, -0.05) is 49.9 Å². The Morgan fingerprint density at radius 1 is 1.45 bits per heavy atom. The van der Waals surface area contributed by atoms with E-state index in [-0.39, 0.29) is 11.7 Å². The maximum absolute atomic E-state index is 13.8. The van der Waals surface area contributed by atoms with Crippen molar-refractivity contribution in [1.29, 1.82) is 0 Å². The molecule has 6 heteroatoms. The molecule has 0 amide bonds. The number of fused-ring (bicyclic) bond motifs is 3. The molecule has 0 unspecified atom stereocenters. The molecule has 1 aliphatic rings. The summed E-state index contributed by atoms with van der Waals surface area (Å²) in [4.78, 5) is 20.7. The lowest BCUT2D eigenvalue weighted by Gasteiger charge is -2.26. The Labute approximate surface area is 179 Å². The van der Waals surface area contributed by atoms with Crippen LogP contribution in [0, 0.1) is 12.8 Å². The molecule has 0 saturated heterocycles. The maximum Gasteiger partial charge on any atom is 0.267 e. The lowest BCUT2D eigenvalue weighted by Crippen LogP contribution is -2.28. The van der Waals surface area contributed by atoms with Crippen LogP contribution in [0.1, 0.15) is 36.8 Å². The molecule has 152 valence electrons. The van der Waals surface area contributed by atoms with Crippen LogP contribution in [-0.4, -0.2) is 21.4 Å². The standard InChI is InChI=1S/C23H26N2O2S2/c1-13(2)12-28-23-24-21-20(17-10-18(14(3)4)27-11-19(17)29-21)22(26)25(23)16-8-6-7-15(5)9-16/h6-9,14,18H,1,10-12H2,2-5H3/t18-/m1/s1. The minimum atomic E-state index is 0.0201. The Hall–Kier alpha value is -1.89. The molecular formula is C23H26N2O2S2. The van der Waals surface area contributed by atoms with Crippen molar-refractivity contribution in [3.05, 3.63) is 62.8 Å². The summed E-state index contributed by atoms with van der Waals surface area (Å²) >= 11 is 3.16. The number of nitrogens with zero attached hydrogens (tertiary/aromatic N) is 2. The van der Waals surface area contributed by atoms with E-state index in [0.29, 0.717) is 12.5 Å². The zero-order valence-corrected chi connectivity index (χ0v) is 19.0. The zero-order valence-electron chi connectivity index (χ0n) is 17.3. The average molecular weight is 427 g/mol. The molecule has 0 bridgehead atoms. The molecule has 2 aromatic heterocycles. The third kappa shape index (κ3) is 3.93. The highest BCUT2D eigenvalue weighted by Gasteiger charge is 2.28. The number of thiophene rings is 1. The van der Waals surface area contributed by atoms with E-state index in [1.807, 2.05) is 38.1 Å². The van der Waals surface area contributed by atoms with E-state index in [4.69, 9.17) is 9.72 Å². The van der Waals surface area contributed by atoms with Gasteiger partial charge in [0.15, 0.2) is 5.16 Å². The van der Waals surface area contributed by atoms with Gasteiger partial charge in [-0.25, -0.2) is 4.98 Å². The van der Waals surface area contributed by atoms with E-state index in [1.54, 1.807) is 27.7 Å². The summed E-state index contributed by atoms with van der Waals surface area (Å²) in [6, 6.07) is 8.04. The van der Waals surface area contributed by atoms with Crippen LogP contribution in [0.4, 0.5) is 0 Å². The number of thioether (sulfide) groups is 1. The largest absolute Gasteiger partial charge is 0.372 e. The number of aromatic nitrogens is 2. The molecule has 0 aliphatic carbocycles. The molecule has 1 aromatic carbocycles.